The van der Waals surface area contributed by atoms with Crippen LogP contribution in [0.25, 0.3) is 0 Å². The zero-order valence-electron chi connectivity index (χ0n) is 7.32. The van der Waals surface area contributed by atoms with Gasteiger partial charge in [0.15, 0.2) is 0 Å². The number of esters is 2. The molecule has 1 atom stereocenters. The fourth-order valence-corrected chi connectivity index (χ4v) is 1.05. The Morgan fingerprint density at radius 3 is 3.00 bits per heavy atom. The van der Waals surface area contributed by atoms with Gasteiger partial charge in [-0.2, -0.15) is 0 Å². The molecule has 0 aromatic heterocycles. The van der Waals surface area contributed by atoms with Crippen molar-refractivity contribution in [2.24, 2.45) is 5.73 Å². The van der Waals surface area contributed by atoms with Crippen LogP contribution in [0, 0.1) is 0 Å². The number of hydrogen-bond donors (Lipinski definition) is 1. The summed E-state index contributed by atoms with van der Waals surface area (Å²) >= 11 is 0. The Labute approximate surface area is 76.2 Å². The zero-order valence-corrected chi connectivity index (χ0v) is 7.32. The van der Waals surface area contributed by atoms with Crippen LogP contribution in [0.2, 0.25) is 0 Å². The van der Waals surface area contributed by atoms with Crippen LogP contribution in [0.1, 0.15) is 19.3 Å². The van der Waals surface area contributed by atoms with Crippen LogP contribution >= 0.6 is 0 Å². The fourth-order valence-electron chi connectivity index (χ4n) is 1.05. The minimum atomic E-state index is -0.690. The summed E-state index contributed by atoms with van der Waals surface area (Å²) in [6.07, 6.45) is 0.624. The van der Waals surface area contributed by atoms with Gasteiger partial charge in [0.05, 0.1) is 6.61 Å². The van der Waals surface area contributed by atoms with E-state index in [4.69, 9.17) is 10.5 Å². The molecule has 2 N–H and O–H groups in total. The topological polar surface area (TPSA) is 78.6 Å². The second kappa shape index (κ2) is 4.81. The van der Waals surface area contributed by atoms with Gasteiger partial charge in [-0.05, 0) is 13.0 Å². The lowest BCUT2D eigenvalue weighted by atomic mass is 10.3. The standard InChI is InChI=1S/C8H13NO4/c9-4-1-2-7(10)13-6-3-5-12-8(6)11/h6H,1-5,9H2. The Balaban J connectivity index is 2.23. The number of cyclic esters (lactones) is 1. The Bertz CT molecular complexity index is 204. The Morgan fingerprint density at radius 2 is 2.46 bits per heavy atom. The molecule has 5 nitrogen and oxygen atoms in total. The first kappa shape index (κ1) is 9.98. The van der Waals surface area contributed by atoms with Crippen molar-refractivity contribution in [1.29, 1.82) is 0 Å². The Kier molecular flexibility index (Phi) is 3.70. The lowest BCUT2D eigenvalue weighted by molar-refractivity contribution is -0.160. The number of ether oxygens (including phenoxy) is 2. The molecule has 74 valence electrons. The van der Waals surface area contributed by atoms with Crippen molar-refractivity contribution in [2.45, 2.75) is 25.4 Å². The highest BCUT2D eigenvalue weighted by molar-refractivity contribution is 5.80. The van der Waals surface area contributed by atoms with Crippen LogP contribution in [-0.2, 0) is 19.1 Å². The van der Waals surface area contributed by atoms with Gasteiger partial charge in [0.25, 0.3) is 0 Å². The molecule has 0 saturated carbocycles. The first-order valence-electron chi connectivity index (χ1n) is 4.30. The summed E-state index contributed by atoms with van der Waals surface area (Å²) in [6.45, 7) is 0.790. The molecule has 5 heteroatoms. The molecule has 0 bridgehead atoms. The lowest BCUT2D eigenvalue weighted by Crippen LogP contribution is -2.22. The molecule has 1 aliphatic rings. The van der Waals surface area contributed by atoms with Crippen LogP contribution in [-0.4, -0.2) is 31.2 Å². The van der Waals surface area contributed by atoms with Gasteiger partial charge in [0.2, 0.25) is 6.10 Å². The van der Waals surface area contributed by atoms with Crippen molar-refractivity contribution in [3.63, 3.8) is 0 Å². The maximum Gasteiger partial charge on any atom is 0.347 e. The van der Waals surface area contributed by atoms with Gasteiger partial charge in [-0.15, -0.1) is 0 Å². The highest BCUT2D eigenvalue weighted by Gasteiger charge is 2.29. The Morgan fingerprint density at radius 1 is 1.69 bits per heavy atom. The van der Waals surface area contributed by atoms with E-state index in [0.717, 1.165) is 0 Å². The summed E-state index contributed by atoms with van der Waals surface area (Å²) in [7, 11) is 0. The maximum absolute atomic E-state index is 11.0. The van der Waals surface area contributed by atoms with E-state index in [1.807, 2.05) is 0 Å². The average molecular weight is 187 g/mol. The monoisotopic (exact) mass is 187 g/mol. The molecular formula is C8H13NO4. The van der Waals surface area contributed by atoms with E-state index in [0.29, 0.717) is 26.0 Å². The largest absolute Gasteiger partial charge is 0.463 e. The SMILES string of the molecule is NCCCC(=O)OC1CCOC1=O. The smallest absolute Gasteiger partial charge is 0.347 e. The first-order valence-corrected chi connectivity index (χ1v) is 4.30. The molecule has 13 heavy (non-hydrogen) atoms. The van der Waals surface area contributed by atoms with Crippen LogP contribution in [0.15, 0.2) is 0 Å². The number of rotatable bonds is 4. The van der Waals surface area contributed by atoms with Crippen molar-refractivity contribution in [1.82, 2.24) is 0 Å². The fraction of sp³-hybridized carbons (Fsp3) is 0.750. The van der Waals surface area contributed by atoms with Crippen LogP contribution in [0.3, 0.4) is 0 Å². The summed E-state index contributed by atoms with van der Waals surface area (Å²) in [5, 5.41) is 0. The van der Waals surface area contributed by atoms with Gasteiger partial charge >= 0.3 is 11.9 Å². The van der Waals surface area contributed by atoms with Crippen LogP contribution in [0.5, 0.6) is 0 Å². The van der Waals surface area contributed by atoms with Crippen LogP contribution in [0.4, 0.5) is 0 Å². The van der Waals surface area contributed by atoms with Gasteiger partial charge in [-0.1, -0.05) is 0 Å². The average Bonchev–Trinajstić information content (AvgIpc) is 2.48. The predicted molar refractivity (Wildman–Crippen MR) is 43.7 cm³/mol. The molecule has 1 heterocycles. The molecule has 1 rings (SSSR count). The van der Waals surface area contributed by atoms with Gasteiger partial charge in [-0.3, -0.25) is 4.79 Å². The summed E-state index contributed by atoms with van der Waals surface area (Å²) in [4.78, 5) is 21.9. The molecule has 0 aliphatic carbocycles. The van der Waals surface area contributed by atoms with E-state index >= 15 is 0 Å². The molecule has 0 aromatic rings. The van der Waals surface area contributed by atoms with Crippen LogP contribution < -0.4 is 5.73 Å². The van der Waals surface area contributed by atoms with E-state index < -0.39 is 12.1 Å². The van der Waals surface area contributed by atoms with Gasteiger partial charge < -0.3 is 15.2 Å². The molecule has 0 amide bonds. The lowest BCUT2D eigenvalue weighted by Gasteiger charge is -2.07. The number of hydrogen-bond acceptors (Lipinski definition) is 5. The summed E-state index contributed by atoms with van der Waals surface area (Å²) in [5.41, 5.74) is 5.21. The summed E-state index contributed by atoms with van der Waals surface area (Å²) in [5.74, 6) is -0.824. The van der Waals surface area contributed by atoms with E-state index in [1.165, 1.54) is 0 Å². The minimum absolute atomic E-state index is 0.264. The van der Waals surface area contributed by atoms with Crippen molar-refractivity contribution in [3.8, 4) is 0 Å². The second-order valence-electron chi connectivity index (χ2n) is 2.83. The van der Waals surface area contributed by atoms with Gasteiger partial charge in [0.1, 0.15) is 0 Å². The second-order valence-corrected chi connectivity index (χ2v) is 2.83. The maximum atomic E-state index is 11.0. The third-order valence-electron chi connectivity index (χ3n) is 1.75. The normalized spacial score (nSPS) is 21.3. The van der Waals surface area contributed by atoms with E-state index in [9.17, 15) is 9.59 Å². The molecular weight excluding hydrogens is 174 g/mol. The molecule has 0 radical (unpaired) electrons. The quantitative estimate of drug-likeness (QED) is 0.605. The van der Waals surface area contributed by atoms with Gasteiger partial charge in [0, 0.05) is 12.8 Å². The van der Waals surface area contributed by atoms with Crippen molar-refractivity contribution >= 4 is 11.9 Å². The highest BCUT2D eigenvalue weighted by Crippen LogP contribution is 2.11. The predicted octanol–water partition coefficient (Wildman–Crippen LogP) is -0.416. The Hall–Kier alpha value is -1.10. The molecule has 1 aliphatic heterocycles. The minimum Gasteiger partial charge on any atom is -0.463 e. The van der Waals surface area contributed by atoms with Gasteiger partial charge in [-0.25, -0.2) is 4.79 Å². The summed E-state index contributed by atoms with van der Waals surface area (Å²) < 4.78 is 9.49. The molecule has 1 saturated heterocycles. The third-order valence-corrected chi connectivity index (χ3v) is 1.75. The van der Waals surface area contributed by atoms with E-state index in [1.54, 1.807) is 0 Å². The molecule has 0 aromatic carbocycles. The first-order chi connectivity index (χ1) is 6.24. The van der Waals surface area contributed by atoms with Crippen molar-refractivity contribution < 1.29 is 19.1 Å². The number of carbonyl (C=O) groups is 2. The van der Waals surface area contributed by atoms with Crippen molar-refractivity contribution in [3.05, 3.63) is 0 Å². The zero-order chi connectivity index (χ0) is 9.68. The molecule has 0 spiro atoms. The highest BCUT2D eigenvalue weighted by atomic mass is 16.6. The number of carbonyl (C=O) groups excluding carboxylic acids is 2. The van der Waals surface area contributed by atoms with Crippen molar-refractivity contribution in [2.75, 3.05) is 13.2 Å². The molecule has 1 unspecified atom stereocenters. The van der Waals surface area contributed by atoms with E-state index in [-0.39, 0.29) is 12.4 Å². The third kappa shape index (κ3) is 3.02. The molecule has 1 fully saturated rings. The summed E-state index contributed by atoms with van der Waals surface area (Å²) in [6, 6.07) is 0. The van der Waals surface area contributed by atoms with E-state index in [2.05, 4.69) is 4.74 Å². The number of nitrogens with two attached hydrogens (primary N) is 1.